The summed E-state index contributed by atoms with van der Waals surface area (Å²) in [5.41, 5.74) is 0.837. The lowest BCUT2D eigenvalue weighted by molar-refractivity contribution is -0.139. The van der Waals surface area contributed by atoms with Crippen LogP contribution in [0.1, 0.15) is 13.8 Å². The molecule has 0 unspecified atom stereocenters. The zero-order valence-corrected chi connectivity index (χ0v) is 15.1. The highest BCUT2D eigenvalue weighted by Gasteiger charge is 2.16. The summed E-state index contributed by atoms with van der Waals surface area (Å²) in [6, 6.07) is 5.55. The Balaban J connectivity index is 2.30. The minimum absolute atomic E-state index is 0.202. The number of hydrogen-bond donors (Lipinski definition) is 0. The molecule has 130 valence electrons. The van der Waals surface area contributed by atoms with E-state index in [0.29, 0.717) is 35.6 Å². The van der Waals surface area contributed by atoms with Gasteiger partial charge in [0.25, 0.3) is 0 Å². The largest absolute Gasteiger partial charge is 0.497 e. The van der Waals surface area contributed by atoms with E-state index in [2.05, 4.69) is 10.2 Å². The number of nitrogens with zero attached hydrogens (tertiary/aromatic N) is 3. The molecule has 0 aliphatic rings. The van der Waals surface area contributed by atoms with Gasteiger partial charge in [-0.25, -0.2) is 0 Å². The lowest BCUT2D eigenvalue weighted by Crippen LogP contribution is -2.08. The van der Waals surface area contributed by atoms with Crippen molar-refractivity contribution in [1.82, 2.24) is 14.8 Å². The number of methoxy groups -OCH3 is 2. The molecule has 0 spiro atoms. The van der Waals surface area contributed by atoms with Crippen LogP contribution in [0.25, 0.3) is 11.4 Å². The van der Waals surface area contributed by atoms with Gasteiger partial charge in [-0.3, -0.25) is 4.79 Å². The van der Waals surface area contributed by atoms with Gasteiger partial charge in [-0.15, -0.1) is 10.2 Å². The van der Waals surface area contributed by atoms with Crippen LogP contribution in [-0.2, 0) is 16.1 Å². The van der Waals surface area contributed by atoms with E-state index in [4.69, 9.17) is 14.2 Å². The van der Waals surface area contributed by atoms with Crippen molar-refractivity contribution in [2.45, 2.75) is 25.5 Å². The van der Waals surface area contributed by atoms with Gasteiger partial charge in [-0.05, 0) is 26.0 Å². The lowest BCUT2D eigenvalue weighted by atomic mass is 10.2. The maximum atomic E-state index is 11.5. The van der Waals surface area contributed by atoms with Gasteiger partial charge >= 0.3 is 5.97 Å². The quantitative estimate of drug-likeness (QED) is 0.534. The van der Waals surface area contributed by atoms with Gasteiger partial charge in [0, 0.05) is 18.2 Å². The summed E-state index contributed by atoms with van der Waals surface area (Å²) >= 11 is 1.31. The standard InChI is InChI=1S/C16H21N3O4S/c1-5-19-15(11-7-12(21-3)9-13(8-11)22-4)17-18-16(19)24-10-14(20)23-6-2/h7-9H,5-6,10H2,1-4H3. The SMILES string of the molecule is CCOC(=O)CSc1nnc(-c2cc(OC)cc(OC)c2)n1CC. The Kier molecular flexibility index (Phi) is 6.48. The van der Waals surface area contributed by atoms with Crippen LogP contribution in [0.2, 0.25) is 0 Å². The Bertz CT molecular complexity index is 680. The number of esters is 1. The first-order valence-electron chi connectivity index (χ1n) is 7.57. The number of thioether (sulfide) groups is 1. The highest BCUT2D eigenvalue weighted by Crippen LogP contribution is 2.30. The molecule has 2 rings (SSSR count). The van der Waals surface area contributed by atoms with E-state index in [-0.39, 0.29) is 11.7 Å². The van der Waals surface area contributed by atoms with Crippen molar-refractivity contribution in [3.05, 3.63) is 18.2 Å². The van der Waals surface area contributed by atoms with Gasteiger partial charge in [0.2, 0.25) is 0 Å². The van der Waals surface area contributed by atoms with Crippen molar-refractivity contribution in [3.8, 4) is 22.9 Å². The topological polar surface area (TPSA) is 75.5 Å². The summed E-state index contributed by atoms with van der Waals surface area (Å²) in [5.74, 6) is 1.98. The third-order valence-corrected chi connectivity index (χ3v) is 4.21. The fourth-order valence-corrected chi connectivity index (χ4v) is 2.96. The van der Waals surface area contributed by atoms with Crippen LogP contribution in [0.4, 0.5) is 0 Å². The Morgan fingerprint density at radius 3 is 2.33 bits per heavy atom. The van der Waals surface area contributed by atoms with E-state index in [1.165, 1.54) is 11.8 Å². The molecular formula is C16H21N3O4S. The molecule has 2 aromatic rings. The molecule has 0 amide bonds. The fraction of sp³-hybridized carbons (Fsp3) is 0.438. The molecule has 7 nitrogen and oxygen atoms in total. The number of benzene rings is 1. The third-order valence-electron chi connectivity index (χ3n) is 3.27. The van der Waals surface area contributed by atoms with Gasteiger partial charge in [-0.1, -0.05) is 11.8 Å². The van der Waals surface area contributed by atoms with E-state index in [0.717, 1.165) is 5.56 Å². The van der Waals surface area contributed by atoms with Crippen molar-refractivity contribution in [2.24, 2.45) is 0 Å². The van der Waals surface area contributed by atoms with Crippen molar-refractivity contribution in [3.63, 3.8) is 0 Å². The van der Waals surface area contributed by atoms with Crippen LogP contribution in [0.15, 0.2) is 23.4 Å². The monoisotopic (exact) mass is 351 g/mol. The van der Waals surface area contributed by atoms with E-state index in [9.17, 15) is 4.79 Å². The first kappa shape index (κ1) is 18.1. The molecule has 0 saturated heterocycles. The van der Waals surface area contributed by atoms with Crippen LogP contribution in [0.3, 0.4) is 0 Å². The number of hydrogen-bond acceptors (Lipinski definition) is 7. The van der Waals surface area contributed by atoms with Crippen LogP contribution in [0, 0.1) is 0 Å². The molecule has 0 atom stereocenters. The molecule has 0 radical (unpaired) electrons. The summed E-state index contributed by atoms with van der Waals surface area (Å²) in [6.45, 7) is 4.83. The molecule has 0 saturated carbocycles. The smallest absolute Gasteiger partial charge is 0.316 e. The molecule has 0 N–H and O–H groups in total. The molecule has 1 heterocycles. The Morgan fingerprint density at radius 2 is 1.79 bits per heavy atom. The second-order valence-electron chi connectivity index (χ2n) is 4.75. The zero-order valence-electron chi connectivity index (χ0n) is 14.2. The highest BCUT2D eigenvalue weighted by molar-refractivity contribution is 7.99. The number of ether oxygens (including phenoxy) is 3. The van der Waals surface area contributed by atoms with Gasteiger partial charge in [-0.2, -0.15) is 0 Å². The van der Waals surface area contributed by atoms with Crippen LogP contribution in [-0.4, -0.2) is 47.3 Å². The lowest BCUT2D eigenvalue weighted by Gasteiger charge is -2.10. The second kappa shape index (κ2) is 8.58. The summed E-state index contributed by atoms with van der Waals surface area (Å²) in [5, 5.41) is 9.12. The molecule has 1 aromatic carbocycles. The van der Waals surface area contributed by atoms with Gasteiger partial charge in [0.1, 0.15) is 11.5 Å². The number of carbonyl (C=O) groups is 1. The Hall–Kier alpha value is -2.22. The molecule has 8 heteroatoms. The average molecular weight is 351 g/mol. The summed E-state index contributed by atoms with van der Waals surface area (Å²) in [4.78, 5) is 11.5. The van der Waals surface area contributed by atoms with Crippen molar-refractivity contribution in [1.29, 1.82) is 0 Å². The maximum absolute atomic E-state index is 11.5. The van der Waals surface area contributed by atoms with Crippen molar-refractivity contribution >= 4 is 17.7 Å². The van der Waals surface area contributed by atoms with E-state index in [1.807, 2.05) is 23.6 Å². The number of aromatic nitrogens is 3. The molecule has 0 fully saturated rings. The zero-order chi connectivity index (χ0) is 17.5. The Labute approximate surface area is 145 Å². The molecule has 1 aromatic heterocycles. The first-order valence-corrected chi connectivity index (χ1v) is 8.56. The van der Waals surface area contributed by atoms with Crippen molar-refractivity contribution in [2.75, 3.05) is 26.6 Å². The minimum Gasteiger partial charge on any atom is -0.497 e. The maximum Gasteiger partial charge on any atom is 0.316 e. The van der Waals surface area contributed by atoms with E-state index in [1.54, 1.807) is 27.2 Å². The van der Waals surface area contributed by atoms with Gasteiger partial charge < -0.3 is 18.8 Å². The van der Waals surface area contributed by atoms with Crippen LogP contribution < -0.4 is 9.47 Å². The van der Waals surface area contributed by atoms with Crippen LogP contribution in [0.5, 0.6) is 11.5 Å². The predicted molar refractivity (Wildman–Crippen MR) is 91.6 cm³/mol. The van der Waals surface area contributed by atoms with Crippen molar-refractivity contribution < 1.29 is 19.0 Å². The molecule has 24 heavy (non-hydrogen) atoms. The summed E-state index contributed by atoms with van der Waals surface area (Å²) in [7, 11) is 3.20. The average Bonchev–Trinajstić information content (AvgIpc) is 3.02. The summed E-state index contributed by atoms with van der Waals surface area (Å²) in [6.07, 6.45) is 0. The summed E-state index contributed by atoms with van der Waals surface area (Å²) < 4.78 is 17.5. The first-order chi connectivity index (χ1) is 11.6. The third kappa shape index (κ3) is 4.19. The number of rotatable bonds is 8. The van der Waals surface area contributed by atoms with E-state index >= 15 is 0 Å². The Morgan fingerprint density at radius 1 is 1.12 bits per heavy atom. The van der Waals surface area contributed by atoms with Gasteiger partial charge in [0.15, 0.2) is 11.0 Å². The molecule has 0 bridgehead atoms. The second-order valence-corrected chi connectivity index (χ2v) is 5.69. The minimum atomic E-state index is -0.266. The molecule has 0 aliphatic heterocycles. The fourth-order valence-electron chi connectivity index (χ4n) is 2.16. The normalized spacial score (nSPS) is 10.5. The van der Waals surface area contributed by atoms with Gasteiger partial charge in [0.05, 0.1) is 26.6 Å². The number of carbonyl (C=O) groups excluding carboxylic acids is 1. The molecule has 0 aliphatic carbocycles. The van der Waals surface area contributed by atoms with Crippen LogP contribution >= 0.6 is 11.8 Å². The van der Waals surface area contributed by atoms with E-state index < -0.39 is 0 Å². The predicted octanol–water partition coefficient (Wildman–Crippen LogP) is 2.64. The highest BCUT2D eigenvalue weighted by atomic mass is 32.2. The molecular weight excluding hydrogens is 330 g/mol.